The Labute approximate surface area is 166 Å². The minimum absolute atomic E-state index is 0.153. The van der Waals surface area contributed by atoms with Crippen molar-refractivity contribution in [1.82, 2.24) is 25.2 Å². The zero-order valence-electron chi connectivity index (χ0n) is 16.1. The number of nitrogens with one attached hydrogen (secondary N) is 1. The van der Waals surface area contributed by atoms with Crippen LogP contribution in [0.2, 0.25) is 0 Å². The smallest absolute Gasteiger partial charge is 0.259 e. The number of carbonyl (C=O) groups is 2. The third-order valence-corrected chi connectivity index (χ3v) is 5.87. The third-order valence-electron chi connectivity index (χ3n) is 5.87. The summed E-state index contributed by atoms with van der Waals surface area (Å²) < 4.78 is 7.15. The molecule has 1 aliphatic heterocycles. The van der Waals surface area contributed by atoms with Crippen LogP contribution in [0, 0.1) is 12.8 Å². The molecule has 0 bridgehead atoms. The van der Waals surface area contributed by atoms with Gasteiger partial charge in [0.2, 0.25) is 0 Å². The van der Waals surface area contributed by atoms with Gasteiger partial charge in [0.15, 0.2) is 0 Å². The minimum atomic E-state index is -0.467. The number of carbonyl (C=O) groups excluding carboxylic acids is 2. The molecule has 29 heavy (non-hydrogen) atoms. The monoisotopic (exact) mass is 394 g/mol. The summed E-state index contributed by atoms with van der Waals surface area (Å²) in [4.78, 5) is 29.1. The molecule has 5 rings (SSSR count). The van der Waals surface area contributed by atoms with E-state index in [9.17, 15) is 9.59 Å². The molecule has 0 spiro atoms. The van der Waals surface area contributed by atoms with E-state index in [4.69, 9.17) is 10.3 Å². The molecule has 3 aromatic heterocycles. The molecular formula is C20H22N6O3. The first-order chi connectivity index (χ1) is 14.0. The van der Waals surface area contributed by atoms with Crippen LogP contribution in [0.25, 0.3) is 11.1 Å². The van der Waals surface area contributed by atoms with Crippen molar-refractivity contribution in [2.75, 3.05) is 6.54 Å². The zero-order valence-corrected chi connectivity index (χ0v) is 16.1. The number of pyridine rings is 1. The van der Waals surface area contributed by atoms with Crippen molar-refractivity contribution in [3.05, 3.63) is 40.5 Å². The van der Waals surface area contributed by atoms with Gasteiger partial charge in [0.1, 0.15) is 0 Å². The molecule has 150 valence electrons. The maximum absolute atomic E-state index is 13.0. The molecule has 1 aliphatic carbocycles. The molecule has 9 heteroatoms. The highest BCUT2D eigenvalue weighted by atomic mass is 16.5. The number of hydrogen-bond acceptors (Lipinski definition) is 6. The van der Waals surface area contributed by atoms with Crippen LogP contribution in [0.4, 0.5) is 0 Å². The van der Waals surface area contributed by atoms with E-state index < -0.39 is 5.91 Å². The summed E-state index contributed by atoms with van der Waals surface area (Å²) in [5, 5.41) is 11.9. The van der Waals surface area contributed by atoms with Gasteiger partial charge in [0.25, 0.3) is 17.5 Å². The molecule has 1 saturated carbocycles. The predicted molar refractivity (Wildman–Crippen MR) is 103 cm³/mol. The molecule has 0 saturated heterocycles. The second kappa shape index (κ2) is 6.68. The number of amides is 2. The number of fused-ring (bicyclic) bond motifs is 2. The van der Waals surface area contributed by atoms with Crippen molar-refractivity contribution in [3.8, 4) is 0 Å². The van der Waals surface area contributed by atoms with E-state index in [1.807, 2.05) is 17.7 Å². The third kappa shape index (κ3) is 3.16. The largest absolute Gasteiger partial charge is 0.365 e. The Hall–Kier alpha value is -3.23. The van der Waals surface area contributed by atoms with Gasteiger partial charge in [-0.25, -0.2) is 4.98 Å². The molecule has 0 radical (unpaired) electrons. The Morgan fingerprint density at radius 3 is 2.90 bits per heavy atom. The van der Waals surface area contributed by atoms with Crippen molar-refractivity contribution in [2.24, 2.45) is 11.7 Å². The predicted octanol–water partition coefficient (Wildman–Crippen LogP) is 1.70. The fourth-order valence-corrected chi connectivity index (χ4v) is 4.09. The lowest BCUT2D eigenvalue weighted by Crippen LogP contribution is -2.34. The molecule has 1 fully saturated rings. The van der Waals surface area contributed by atoms with E-state index >= 15 is 0 Å². The van der Waals surface area contributed by atoms with Crippen molar-refractivity contribution in [2.45, 2.75) is 45.1 Å². The van der Waals surface area contributed by atoms with Crippen LogP contribution < -0.4 is 11.1 Å². The molecule has 0 unspecified atom stereocenters. The number of rotatable bonds is 5. The number of aromatic nitrogens is 4. The van der Waals surface area contributed by atoms with Gasteiger partial charge in [-0.3, -0.25) is 14.3 Å². The summed E-state index contributed by atoms with van der Waals surface area (Å²) in [5.74, 6) is -0.00211. The number of aryl methyl sites for hydroxylation is 2. The number of nitrogens with two attached hydrogens (primary N) is 1. The molecule has 4 heterocycles. The van der Waals surface area contributed by atoms with E-state index in [0.29, 0.717) is 53.3 Å². The molecular weight excluding hydrogens is 372 g/mol. The minimum Gasteiger partial charge on any atom is -0.365 e. The van der Waals surface area contributed by atoms with Crippen molar-refractivity contribution >= 4 is 22.9 Å². The Kier molecular flexibility index (Phi) is 4.11. The van der Waals surface area contributed by atoms with Crippen LogP contribution in [0.5, 0.6) is 0 Å². The van der Waals surface area contributed by atoms with E-state index in [-0.39, 0.29) is 11.8 Å². The van der Waals surface area contributed by atoms with Gasteiger partial charge >= 0.3 is 0 Å². The summed E-state index contributed by atoms with van der Waals surface area (Å²) >= 11 is 0. The van der Waals surface area contributed by atoms with E-state index in [0.717, 1.165) is 30.7 Å². The Balaban J connectivity index is 1.34. The van der Waals surface area contributed by atoms with Gasteiger partial charge in [-0.1, -0.05) is 5.16 Å². The van der Waals surface area contributed by atoms with Gasteiger partial charge < -0.3 is 15.6 Å². The van der Waals surface area contributed by atoms with Gasteiger partial charge in [0, 0.05) is 24.7 Å². The highest BCUT2D eigenvalue weighted by Crippen LogP contribution is 2.40. The molecule has 3 aromatic rings. The first-order valence-electron chi connectivity index (χ1n) is 9.91. The molecule has 3 N–H and O–H groups in total. The van der Waals surface area contributed by atoms with Gasteiger partial charge in [-0.15, -0.1) is 0 Å². The summed E-state index contributed by atoms with van der Waals surface area (Å²) in [6.07, 6.45) is 5.23. The molecule has 0 aromatic carbocycles. The van der Waals surface area contributed by atoms with Crippen molar-refractivity contribution in [1.29, 1.82) is 0 Å². The summed E-state index contributed by atoms with van der Waals surface area (Å²) in [7, 11) is 0. The topological polar surface area (TPSA) is 129 Å². The first-order valence-corrected chi connectivity index (χ1v) is 9.91. The molecule has 2 aliphatic rings. The summed E-state index contributed by atoms with van der Waals surface area (Å²) in [5.41, 5.74) is 9.29. The highest BCUT2D eigenvalue weighted by molar-refractivity contribution is 6.06. The number of hydrogen-bond donors (Lipinski definition) is 2. The Bertz CT molecular complexity index is 1130. The van der Waals surface area contributed by atoms with Crippen LogP contribution in [0.15, 0.2) is 16.8 Å². The Morgan fingerprint density at radius 2 is 2.14 bits per heavy atom. The molecule has 1 atom stereocenters. The fourth-order valence-electron chi connectivity index (χ4n) is 4.09. The van der Waals surface area contributed by atoms with Crippen LogP contribution in [0.3, 0.4) is 0 Å². The Morgan fingerprint density at radius 1 is 1.31 bits per heavy atom. The first kappa shape index (κ1) is 17.8. The van der Waals surface area contributed by atoms with Crippen molar-refractivity contribution in [3.63, 3.8) is 0 Å². The summed E-state index contributed by atoms with van der Waals surface area (Å²) in [6, 6.07) is 1.88. The van der Waals surface area contributed by atoms with Crippen LogP contribution in [-0.2, 0) is 13.0 Å². The lowest BCUT2D eigenvalue weighted by Gasteiger charge is -2.24. The SMILES string of the molecule is Cc1noc2nc(C3CC3)cc(C(=O)NC[C@H]3CCn4ncc(C(N)=O)c4C3)c12. The lowest BCUT2D eigenvalue weighted by atomic mass is 9.94. The average molecular weight is 394 g/mol. The van der Waals surface area contributed by atoms with Crippen molar-refractivity contribution < 1.29 is 14.1 Å². The normalized spacial score (nSPS) is 18.6. The van der Waals surface area contributed by atoms with Crippen LogP contribution in [0.1, 0.15) is 63.0 Å². The zero-order chi connectivity index (χ0) is 20.1. The van der Waals surface area contributed by atoms with Crippen LogP contribution in [-0.4, -0.2) is 38.3 Å². The second-order valence-electron chi connectivity index (χ2n) is 7.98. The highest BCUT2D eigenvalue weighted by Gasteiger charge is 2.29. The van der Waals surface area contributed by atoms with Gasteiger partial charge in [0.05, 0.1) is 34.1 Å². The van der Waals surface area contributed by atoms with Crippen LogP contribution >= 0.6 is 0 Å². The van der Waals surface area contributed by atoms with E-state index in [1.54, 1.807) is 0 Å². The van der Waals surface area contributed by atoms with Gasteiger partial charge in [-0.2, -0.15) is 5.10 Å². The molecule has 9 nitrogen and oxygen atoms in total. The summed E-state index contributed by atoms with van der Waals surface area (Å²) in [6.45, 7) is 3.03. The fraction of sp³-hybridized carbons (Fsp3) is 0.450. The average Bonchev–Trinajstić information content (AvgIpc) is 3.38. The number of primary amides is 1. The standard InChI is InChI=1S/C20H22N6O3/c1-10-17-13(7-15(12-2-3-12)24-20(17)29-25-10)19(28)22-8-11-4-5-26-16(6-11)14(9-23-26)18(21)27/h7,9,11-12H,2-6,8H2,1H3,(H2,21,27)(H,22,28)/t11-/m0/s1. The maximum Gasteiger partial charge on any atom is 0.259 e. The second-order valence-corrected chi connectivity index (χ2v) is 7.98. The number of nitrogens with zero attached hydrogens (tertiary/aromatic N) is 4. The quantitative estimate of drug-likeness (QED) is 0.678. The van der Waals surface area contributed by atoms with E-state index in [1.165, 1.54) is 6.20 Å². The maximum atomic E-state index is 13.0. The molecule has 2 amide bonds. The lowest BCUT2D eigenvalue weighted by molar-refractivity contribution is 0.0943. The van der Waals surface area contributed by atoms with E-state index in [2.05, 4.69) is 20.6 Å². The van der Waals surface area contributed by atoms with Gasteiger partial charge in [-0.05, 0) is 44.6 Å².